The SMILES string of the molecule is CCCNC(=O)CCN(C(C)=O)c1ccc(N2CCCCC2)cc1. The maximum Gasteiger partial charge on any atom is 0.223 e. The first kappa shape index (κ1) is 18.3. The molecule has 132 valence electrons. The second-order valence-corrected chi connectivity index (χ2v) is 6.33. The predicted octanol–water partition coefficient (Wildman–Crippen LogP) is 2.95. The van der Waals surface area contributed by atoms with E-state index >= 15 is 0 Å². The van der Waals surface area contributed by atoms with E-state index in [1.807, 2.05) is 19.1 Å². The van der Waals surface area contributed by atoms with Crippen LogP contribution < -0.4 is 15.1 Å². The molecular weight excluding hydrogens is 302 g/mol. The molecule has 1 saturated heterocycles. The molecule has 0 unspecified atom stereocenters. The van der Waals surface area contributed by atoms with Crippen molar-refractivity contribution in [3.05, 3.63) is 24.3 Å². The van der Waals surface area contributed by atoms with Gasteiger partial charge in [-0.1, -0.05) is 6.92 Å². The largest absolute Gasteiger partial charge is 0.372 e. The third kappa shape index (κ3) is 5.25. The van der Waals surface area contributed by atoms with E-state index in [-0.39, 0.29) is 11.8 Å². The Balaban J connectivity index is 1.97. The fraction of sp³-hybridized carbons (Fsp3) is 0.579. The minimum Gasteiger partial charge on any atom is -0.372 e. The van der Waals surface area contributed by atoms with E-state index in [2.05, 4.69) is 22.3 Å². The molecule has 0 bridgehead atoms. The summed E-state index contributed by atoms with van der Waals surface area (Å²) in [6.07, 6.45) is 5.04. The first-order valence-corrected chi connectivity index (χ1v) is 9.01. The van der Waals surface area contributed by atoms with E-state index in [0.29, 0.717) is 19.5 Å². The third-order valence-corrected chi connectivity index (χ3v) is 4.40. The lowest BCUT2D eigenvalue weighted by atomic mass is 10.1. The molecule has 0 atom stereocenters. The number of nitrogens with zero attached hydrogens (tertiary/aromatic N) is 2. The molecule has 2 rings (SSSR count). The van der Waals surface area contributed by atoms with Crippen LogP contribution in [0, 0.1) is 0 Å². The minimum atomic E-state index is -0.0379. The van der Waals surface area contributed by atoms with Crippen LogP contribution in [0.2, 0.25) is 0 Å². The number of piperidine rings is 1. The first-order chi connectivity index (χ1) is 11.6. The molecule has 24 heavy (non-hydrogen) atoms. The van der Waals surface area contributed by atoms with Gasteiger partial charge in [-0.15, -0.1) is 0 Å². The van der Waals surface area contributed by atoms with Crippen LogP contribution in [0.5, 0.6) is 0 Å². The molecule has 1 aliphatic rings. The van der Waals surface area contributed by atoms with E-state index in [1.54, 1.807) is 11.8 Å². The molecule has 0 aromatic heterocycles. The molecule has 1 fully saturated rings. The van der Waals surface area contributed by atoms with Crippen molar-refractivity contribution >= 4 is 23.2 Å². The molecular formula is C19H29N3O2. The second-order valence-electron chi connectivity index (χ2n) is 6.33. The molecule has 1 aromatic carbocycles. The molecule has 5 nitrogen and oxygen atoms in total. The zero-order valence-electron chi connectivity index (χ0n) is 14.9. The average Bonchev–Trinajstić information content (AvgIpc) is 2.61. The highest BCUT2D eigenvalue weighted by atomic mass is 16.2. The van der Waals surface area contributed by atoms with Crippen molar-refractivity contribution in [2.24, 2.45) is 0 Å². The van der Waals surface area contributed by atoms with Crippen molar-refractivity contribution in [1.82, 2.24) is 5.32 Å². The molecule has 1 N–H and O–H groups in total. The third-order valence-electron chi connectivity index (χ3n) is 4.40. The number of carbonyl (C=O) groups excluding carboxylic acids is 2. The Morgan fingerprint density at radius 1 is 1.12 bits per heavy atom. The molecule has 0 radical (unpaired) electrons. The summed E-state index contributed by atoms with van der Waals surface area (Å²) in [5, 5.41) is 2.85. The highest BCUT2D eigenvalue weighted by molar-refractivity contribution is 5.92. The van der Waals surface area contributed by atoms with Crippen LogP contribution in [0.4, 0.5) is 11.4 Å². The van der Waals surface area contributed by atoms with Gasteiger partial charge in [0.05, 0.1) is 0 Å². The van der Waals surface area contributed by atoms with Crippen molar-refractivity contribution in [3.63, 3.8) is 0 Å². The number of benzene rings is 1. The summed E-state index contributed by atoms with van der Waals surface area (Å²) < 4.78 is 0. The summed E-state index contributed by atoms with van der Waals surface area (Å²) >= 11 is 0. The summed E-state index contributed by atoms with van der Waals surface area (Å²) in [6.45, 7) is 6.87. The number of amides is 2. The van der Waals surface area contributed by atoms with Crippen LogP contribution >= 0.6 is 0 Å². The fourth-order valence-corrected chi connectivity index (χ4v) is 3.03. The van der Waals surface area contributed by atoms with Gasteiger partial charge in [0.2, 0.25) is 11.8 Å². The van der Waals surface area contributed by atoms with Crippen molar-refractivity contribution in [2.75, 3.05) is 36.0 Å². The Morgan fingerprint density at radius 3 is 2.38 bits per heavy atom. The summed E-state index contributed by atoms with van der Waals surface area (Å²) in [5.74, 6) is -0.0444. The maximum absolute atomic E-state index is 11.9. The Kier molecular flexibility index (Phi) is 7.09. The highest BCUT2D eigenvalue weighted by Gasteiger charge is 2.15. The smallest absolute Gasteiger partial charge is 0.223 e. The maximum atomic E-state index is 11.9. The molecule has 5 heteroatoms. The number of nitrogens with one attached hydrogen (secondary N) is 1. The van der Waals surface area contributed by atoms with Gasteiger partial charge in [-0.3, -0.25) is 9.59 Å². The number of carbonyl (C=O) groups is 2. The van der Waals surface area contributed by atoms with E-state index in [9.17, 15) is 9.59 Å². The van der Waals surface area contributed by atoms with Gasteiger partial charge >= 0.3 is 0 Å². The molecule has 1 aliphatic heterocycles. The van der Waals surface area contributed by atoms with E-state index in [0.717, 1.165) is 25.2 Å². The highest BCUT2D eigenvalue weighted by Crippen LogP contribution is 2.24. The van der Waals surface area contributed by atoms with Gasteiger partial charge < -0.3 is 15.1 Å². The Labute approximate surface area is 145 Å². The topological polar surface area (TPSA) is 52.7 Å². The number of hydrogen-bond acceptors (Lipinski definition) is 3. The Bertz CT molecular complexity index is 536. The average molecular weight is 331 g/mol. The Hall–Kier alpha value is -2.04. The molecule has 1 aromatic rings. The first-order valence-electron chi connectivity index (χ1n) is 9.01. The van der Waals surface area contributed by atoms with Crippen LogP contribution in [0.3, 0.4) is 0 Å². The zero-order valence-corrected chi connectivity index (χ0v) is 14.9. The van der Waals surface area contributed by atoms with Gasteiger partial charge in [-0.2, -0.15) is 0 Å². The summed E-state index contributed by atoms with van der Waals surface area (Å²) in [6, 6.07) is 8.12. The monoisotopic (exact) mass is 331 g/mol. The van der Waals surface area contributed by atoms with E-state index < -0.39 is 0 Å². The van der Waals surface area contributed by atoms with E-state index in [1.165, 1.54) is 24.9 Å². The van der Waals surface area contributed by atoms with Gasteiger partial charge in [0.1, 0.15) is 0 Å². The van der Waals surface area contributed by atoms with Crippen LogP contribution in [0.1, 0.15) is 46.0 Å². The molecule has 1 heterocycles. The second kappa shape index (κ2) is 9.30. The van der Waals surface area contributed by atoms with Crippen LogP contribution in [-0.4, -0.2) is 38.0 Å². The van der Waals surface area contributed by atoms with Crippen LogP contribution in [0.15, 0.2) is 24.3 Å². The summed E-state index contributed by atoms with van der Waals surface area (Å²) in [5.41, 5.74) is 2.06. The number of hydrogen-bond donors (Lipinski definition) is 1. The summed E-state index contributed by atoms with van der Waals surface area (Å²) in [7, 11) is 0. The van der Waals surface area contributed by atoms with Gasteiger partial charge in [0.15, 0.2) is 0 Å². The minimum absolute atomic E-state index is 0.00645. The van der Waals surface area contributed by atoms with Gasteiger partial charge in [0, 0.05) is 50.9 Å². The van der Waals surface area contributed by atoms with Gasteiger partial charge in [-0.25, -0.2) is 0 Å². The van der Waals surface area contributed by atoms with Gasteiger partial charge in [0.25, 0.3) is 0 Å². The molecule has 2 amide bonds. The lowest BCUT2D eigenvalue weighted by Crippen LogP contribution is -2.34. The van der Waals surface area contributed by atoms with Gasteiger partial charge in [-0.05, 0) is 49.9 Å². The molecule has 0 spiro atoms. The standard InChI is InChI=1S/C19H29N3O2/c1-3-12-20-19(24)11-15-22(16(2)23)18-9-7-17(8-10-18)21-13-5-4-6-14-21/h7-10H,3-6,11-15H2,1-2H3,(H,20,24). The zero-order chi connectivity index (χ0) is 17.4. The normalized spacial score (nSPS) is 14.3. The van der Waals surface area contributed by atoms with Crippen molar-refractivity contribution in [2.45, 2.75) is 46.0 Å². The van der Waals surface area contributed by atoms with Crippen molar-refractivity contribution in [3.8, 4) is 0 Å². The number of anilines is 2. The molecule has 0 aliphatic carbocycles. The van der Waals surface area contributed by atoms with Crippen LogP contribution in [0.25, 0.3) is 0 Å². The van der Waals surface area contributed by atoms with Crippen LogP contribution in [-0.2, 0) is 9.59 Å². The van der Waals surface area contributed by atoms with E-state index in [4.69, 9.17) is 0 Å². The lowest BCUT2D eigenvalue weighted by molar-refractivity contribution is -0.121. The quantitative estimate of drug-likeness (QED) is 0.836. The molecule has 0 saturated carbocycles. The number of rotatable bonds is 7. The fourth-order valence-electron chi connectivity index (χ4n) is 3.03. The summed E-state index contributed by atoms with van der Waals surface area (Å²) in [4.78, 5) is 27.8. The van der Waals surface area contributed by atoms with Crippen molar-refractivity contribution < 1.29 is 9.59 Å². The predicted molar refractivity (Wildman–Crippen MR) is 98.5 cm³/mol. The Morgan fingerprint density at radius 2 is 1.79 bits per heavy atom. The van der Waals surface area contributed by atoms with Crippen molar-refractivity contribution in [1.29, 1.82) is 0 Å². The lowest BCUT2D eigenvalue weighted by Gasteiger charge is -2.29.